The predicted octanol–water partition coefficient (Wildman–Crippen LogP) is 2.24. The molecular weight excluding hydrogens is 288 g/mol. The number of hydrogen-bond acceptors (Lipinski definition) is 5. The number of nitrogens with zero attached hydrogens (tertiary/aromatic N) is 3. The summed E-state index contributed by atoms with van der Waals surface area (Å²) in [6, 6.07) is 7.11. The summed E-state index contributed by atoms with van der Waals surface area (Å²) in [5, 5.41) is 4.56. The van der Waals surface area contributed by atoms with Crippen LogP contribution < -0.4 is 5.73 Å². The third kappa shape index (κ3) is 2.69. The highest BCUT2D eigenvalue weighted by Gasteiger charge is 2.16. The first-order valence-corrected chi connectivity index (χ1v) is 7.96. The Balaban J connectivity index is 1.89. The third-order valence-corrected chi connectivity index (χ3v) is 4.27. The lowest BCUT2D eigenvalue weighted by Gasteiger charge is -2.02. The van der Waals surface area contributed by atoms with Gasteiger partial charge < -0.3 is 10.2 Å². The molecule has 0 saturated carbocycles. The average Bonchev–Trinajstić information content (AvgIpc) is 3.01. The van der Waals surface area contributed by atoms with Gasteiger partial charge in [0.15, 0.2) is 5.58 Å². The highest BCUT2D eigenvalue weighted by Crippen LogP contribution is 2.21. The van der Waals surface area contributed by atoms with Crippen molar-refractivity contribution in [1.82, 2.24) is 14.8 Å². The summed E-state index contributed by atoms with van der Waals surface area (Å²) in [6.07, 6.45) is 0. The molecule has 2 N–H and O–H groups in total. The van der Waals surface area contributed by atoms with E-state index in [2.05, 4.69) is 10.1 Å². The van der Waals surface area contributed by atoms with Gasteiger partial charge in [-0.2, -0.15) is 5.10 Å². The largest absolute Gasteiger partial charge is 0.430 e. The lowest BCUT2D eigenvalue weighted by atomic mass is 10.3. The standard InChI is InChI=1S/C14H16N4O2S/c1-3-18-11(6-9(2)17-18)8-21(19)14-16-12-7-10(15)4-5-13(12)20-14/h4-7H,3,8,15H2,1-2H3. The Bertz CT molecular complexity index is 822. The molecule has 0 bridgehead atoms. The lowest BCUT2D eigenvalue weighted by molar-refractivity contribution is 0.477. The van der Waals surface area contributed by atoms with Gasteiger partial charge in [-0.05, 0) is 38.1 Å². The van der Waals surface area contributed by atoms with Gasteiger partial charge in [-0.3, -0.25) is 4.68 Å². The van der Waals surface area contributed by atoms with Gasteiger partial charge in [0, 0.05) is 12.2 Å². The molecule has 2 heterocycles. The molecule has 3 rings (SSSR count). The van der Waals surface area contributed by atoms with Crippen LogP contribution in [0.3, 0.4) is 0 Å². The zero-order valence-electron chi connectivity index (χ0n) is 11.9. The topological polar surface area (TPSA) is 86.9 Å². The van der Waals surface area contributed by atoms with Crippen molar-refractivity contribution in [1.29, 1.82) is 0 Å². The first kappa shape index (κ1) is 13.8. The summed E-state index contributed by atoms with van der Waals surface area (Å²) >= 11 is 0. The van der Waals surface area contributed by atoms with Crippen LogP contribution in [0.2, 0.25) is 0 Å². The summed E-state index contributed by atoms with van der Waals surface area (Å²) in [5.41, 5.74) is 9.35. The van der Waals surface area contributed by atoms with Crippen LogP contribution in [-0.4, -0.2) is 19.0 Å². The maximum absolute atomic E-state index is 12.4. The van der Waals surface area contributed by atoms with Crippen LogP contribution in [-0.2, 0) is 23.1 Å². The molecule has 1 atom stereocenters. The number of rotatable bonds is 4. The average molecular weight is 304 g/mol. The van der Waals surface area contributed by atoms with Crippen LogP contribution in [0, 0.1) is 6.92 Å². The van der Waals surface area contributed by atoms with E-state index in [1.54, 1.807) is 18.2 Å². The van der Waals surface area contributed by atoms with Crippen LogP contribution in [0.4, 0.5) is 5.69 Å². The summed E-state index contributed by atoms with van der Waals surface area (Å²) in [4.78, 5) is 4.26. The van der Waals surface area contributed by atoms with E-state index in [1.807, 2.05) is 24.6 Å². The summed E-state index contributed by atoms with van der Waals surface area (Å²) in [6.45, 7) is 4.66. The molecule has 1 aromatic carbocycles. The Morgan fingerprint density at radius 1 is 1.38 bits per heavy atom. The van der Waals surface area contributed by atoms with Crippen molar-refractivity contribution in [3.63, 3.8) is 0 Å². The molecule has 7 heteroatoms. The summed E-state index contributed by atoms with van der Waals surface area (Å²) in [7, 11) is -1.35. The molecule has 0 aliphatic rings. The van der Waals surface area contributed by atoms with Crippen molar-refractivity contribution >= 4 is 27.6 Å². The number of fused-ring (bicyclic) bond motifs is 1. The van der Waals surface area contributed by atoms with Crippen molar-refractivity contribution in [3.8, 4) is 0 Å². The van der Waals surface area contributed by atoms with Crippen molar-refractivity contribution in [3.05, 3.63) is 35.7 Å². The summed E-state index contributed by atoms with van der Waals surface area (Å²) < 4.78 is 19.8. The first-order valence-electron chi connectivity index (χ1n) is 6.64. The van der Waals surface area contributed by atoms with Gasteiger partial charge in [0.2, 0.25) is 0 Å². The Kier molecular flexibility index (Phi) is 3.50. The predicted molar refractivity (Wildman–Crippen MR) is 81.2 cm³/mol. The van der Waals surface area contributed by atoms with Crippen LogP contribution in [0.15, 0.2) is 33.9 Å². The molecule has 0 aliphatic carbocycles. The van der Waals surface area contributed by atoms with E-state index in [4.69, 9.17) is 10.2 Å². The van der Waals surface area contributed by atoms with E-state index in [0.29, 0.717) is 22.5 Å². The van der Waals surface area contributed by atoms with Crippen molar-refractivity contribution < 1.29 is 8.63 Å². The molecule has 3 aromatic rings. The van der Waals surface area contributed by atoms with Crippen LogP contribution in [0.25, 0.3) is 11.1 Å². The number of aromatic nitrogens is 3. The maximum atomic E-state index is 12.4. The summed E-state index contributed by atoms with van der Waals surface area (Å²) in [5.74, 6) is 0.330. The molecule has 6 nitrogen and oxygen atoms in total. The molecule has 0 spiro atoms. The minimum absolute atomic E-state index is 0.220. The number of nitrogen functional groups attached to an aromatic ring is 1. The van der Waals surface area contributed by atoms with E-state index in [-0.39, 0.29) is 5.22 Å². The molecule has 110 valence electrons. The van der Waals surface area contributed by atoms with E-state index in [9.17, 15) is 4.21 Å². The molecule has 0 aliphatic heterocycles. The zero-order chi connectivity index (χ0) is 15.0. The molecular formula is C14H16N4O2S. The van der Waals surface area contributed by atoms with Gasteiger partial charge in [0.25, 0.3) is 5.22 Å². The number of anilines is 1. The minimum atomic E-state index is -1.35. The molecule has 0 amide bonds. The van der Waals surface area contributed by atoms with Crippen LogP contribution in [0.1, 0.15) is 18.3 Å². The van der Waals surface area contributed by atoms with Crippen LogP contribution in [0.5, 0.6) is 0 Å². The SMILES string of the molecule is CCn1nc(C)cc1CS(=O)c1nc2cc(N)ccc2o1. The van der Waals surface area contributed by atoms with Gasteiger partial charge in [0.1, 0.15) is 16.3 Å². The minimum Gasteiger partial charge on any atom is -0.430 e. The highest BCUT2D eigenvalue weighted by molar-refractivity contribution is 7.84. The van der Waals surface area contributed by atoms with E-state index in [1.165, 1.54) is 0 Å². The van der Waals surface area contributed by atoms with E-state index in [0.717, 1.165) is 17.9 Å². The van der Waals surface area contributed by atoms with Crippen molar-refractivity contribution in [2.75, 3.05) is 5.73 Å². The second-order valence-corrected chi connectivity index (χ2v) is 6.12. The Hall–Kier alpha value is -2.15. The molecule has 1 unspecified atom stereocenters. The third-order valence-electron chi connectivity index (χ3n) is 3.15. The van der Waals surface area contributed by atoms with E-state index < -0.39 is 10.8 Å². The smallest absolute Gasteiger partial charge is 0.288 e. The number of benzene rings is 1. The van der Waals surface area contributed by atoms with Gasteiger partial charge in [0.05, 0.1) is 17.1 Å². The number of oxazole rings is 1. The highest BCUT2D eigenvalue weighted by atomic mass is 32.2. The maximum Gasteiger partial charge on any atom is 0.288 e. The van der Waals surface area contributed by atoms with Crippen LogP contribution >= 0.6 is 0 Å². The Morgan fingerprint density at radius 2 is 2.19 bits per heavy atom. The fraction of sp³-hybridized carbons (Fsp3) is 0.286. The Labute approximate surface area is 124 Å². The number of hydrogen-bond donors (Lipinski definition) is 1. The quantitative estimate of drug-likeness (QED) is 0.747. The van der Waals surface area contributed by atoms with E-state index >= 15 is 0 Å². The second kappa shape index (κ2) is 5.33. The monoisotopic (exact) mass is 304 g/mol. The number of aryl methyl sites for hydroxylation is 2. The van der Waals surface area contributed by atoms with Gasteiger partial charge in [-0.1, -0.05) is 0 Å². The first-order chi connectivity index (χ1) is 10.1. The lowest BCUT2D eigenvalue weighted by Crippen LogP contribution is -2.06. The fourth-order valence-corrected chi connectivity index (χ4v) is 3.21. The molecule has 21 heavy (non-hydrogen) atoms. The Morgan fingerprint density at radius 3 is 2.95 bits per heavy atom. The van der Waals surface area contributed by atoms with Crippen molar-refractivity contribution in [2.45, 2.75) is 31.4 Å². The number of nitrogens with two attached hydrogens (primary N) is 1. The normalized spacial score (nSPS) is 12.9. The van der Waals surface area contributed by atoms with Gasteiger partial charge >= 0.3 is 0 Å². The van der Waals surface area contributed by atoms with Gasteiger partial charge in [-0.25, -0.2) is 9.19 Å². The zero-order valence-corrected chi connectivity index (χ0v) is 12.7. The fourth-order valence-electron chi connectivity index (χ4n) is 2.21. The second-order valence-electron chi connectivity index (χ2n) is 4.79. The van der Waals surface area contributed by atoms with Crippen molar-refractivity contribution in [2.24, 2.45) is 0 Å². The molecule has 0 radical (unpaired) electrons. The molecule has 0 saturated heterocycles. The van der Waals surface area contributed by atoms with Gasteiger partial charge in [-0.15, -0.1) is 0 Å². The molecule has 0 fully saturated rings. The molecule has 2 aromatic heterocycles.